The van der Waals surface area contributed by atoms with E-state index in [1.165, 1.54) is 35.7 Å². The summed E-state index contributed by atoms with van der Waals surface area (Å²) in [4.78, 5) is 11.7. The highest BCUT2D eigenvalue weighted by atomic mass is 35.5. The Kier molecular flexibility index (Phi) is 6.48. The van der Waals surface area contributed by atoms with Crippen molar-refractivity contribution in [2.45, 2.75) is 11.1 Å². The molecule has 0 aliphatic heterocycles. The molecule has 0 aliphatic carbocycles. The van der Waals surface area contributed by atoms with Crippen LogP contribution in [-0.2, 0) is 20.9 Å². The molecule has 0 aliphatic rings. The van der Waals surface area contributed by atoms with Crippen molar-refractivity contribution in [1.29, 1.82) is 0 Å². The summed E-state index contributed by atoms with van der Waals surface area (Å²) in [6, 6.07) is 8.77. The largest absolute Gasteiger partial charge is 0.465 e. The number of carbonyl (C=O) groups is 1. The summed E-state index contributed by atoms with van der Waals surface area (Å²) in [6.45, 7) is 0. The van der Waals surface area contributed by atoms with Crippen LogP contribution < -0.4 is 9.46 Å². The number of thiophene rings is 1. The Labute approximate surface area is 184 Å². The maximum Gasteiger partial charge on any atom is 0.416 e. The highest BCUT2D eigenvalue weighted by Gasteiger charge is 2.32. The minimum atomic E-state index is -4.72. The average molecular weight is 492 g/mol. The van der Waals surface area contributed by atoms with Crippen molar-refractivity contribution in [3.63, 3.8) is 0 Å². The number of hydrogen-bond donors (Lipinski definition) is 1. The molecule has 0 atom stereocenters. The molecular formula is C19H13ClF3NO5S2. The molecule has 0 bridgehead atoms. The minimum absolute atomic E-state index is 0.00329. The minimum Gasteiger partial charge on any atom is -0.465 e. The fourth-order valence-electron chi connectivity index (χ4n) is 2.43. The Balaban J connectivity index is 2.04. The lowest BCUT2D eigenvalue weighted by Gasteiger charge is -2.16. The van der Waals surface area contributed by atoms with Gasteiger partial charge in [0.05, 0.1) is 23.3 Å². The van der Waals surface area contributed by atoms with Crippen LogP contribution in [0.2, 0.25) is 5.02 Å². The summed E-state index contributed by atoms with van der Waals surface area (Å²) >= 11 is 6.75. The number of esters is 1. The van der Waals surface area contributed by atoms with E-state index < -0.39 is 33.4 Å². The quantitative estimate of drug-likeness (QED) is 0.441. The van der Waals surface area contributed by atoms with Crippen molar-refractivity contribution < 1.29 is 35.9 Å². The van der Waals surface area contributed by atoms with Crippen molar-refractivity contribution in [2.24, 2.45) is 0 Å². The molecule has 31 heavy (non-hydrogen) atoms. The molecule has 6 nitrogen and oxygen atoms in total. The van der Waals surface area contributed by atoms with Gasteiger partial charge in [-0.25, -0.2) is 13.2 Å². The number of ether oxygens (including phenoxy) is 2. The number of hydrogen-bond acceptors (Lipinski definition) is 6. The lowest BCUT2D eigenvalue weighted by Crippen LogP contribution is -2.15. The predicted molar refractivity (Wildman–Crippen MR) is 109 cm³/mol. The van der Waals surface area contributed by atoms with Gasteiger partial charge in [0.15, 0.2) is 16.4 Å². The maximum absolute atomic E-state index is 13.2. The van der Waals surface area contributed by atoms with Crippen LogP contribution in [0, 0.1) is 0 Å². The van der Waals surface area contributed by atoms with Crippen molar-refractivity contribution in [1.82, 2.24) is 0 Å². The van der Waals surface area contributed by atoms with E-state index >= 15 is 0 Å². The van der Waals surface area contributed by atoms with Crippen LogP contribution in [-0.4, -0.2) is 21.5 Å². The summed E-state index contributed by atoms with van der Waals surface area (Å²) < 4.78 is 77.3. The SMILES string of the molecule is COC(=O)c1sccc1Oc1ccc(C(F)(F)F)cc1NS(=O)(=O)c1ccc(Cl)cc1. The third-order valence-corrected chi connectivity index (χ3v) is 6.40. The second-order valence-corrected chi connectivity index (χ2v) is 9.01. The zero-order valence-corrected chi connectivity index (χ0v) is 18.0. The number of nitrogens with one attached hydrogen (secondary N) is 1. The summed E-state index contributed by atoms with van der Waals surface area (Å²) in [5.41, 5.74) is -1.56. The van der Waals surface area contributed by atoms with E-state index in [4.69, 9.17) is 16.3 Å². The molecule has 3 aromatic rings. The first kappa shape index (κ1) is 22.9. The van der Waals surface area contributed by atoms with Crippen molar-refractivity contribution in [3.8, 4) is 11.5 Å². The number of alkyl halides is 3. The van der Waals surface area contributed by atoms with Crippen LogP contribution in [0.15, 0.2) is 58.8 Å². The molecule has 0 fully saturated rings. The third kappa shape index (κ3) is 5.30. The lowest BCUT2D eigenvalue weighted by atomic mass is 10.2. The standard InChI is InChI=1S/C19H13ClF3NO5S2/c1-28-18(25)17-16(8-9-30-17)29-15-7-2-11(19(21,22)23)10-14(15)24-31(26,27)13-5-3-12(20)4-6-13/h2-10,24H,1H3. The van der Waals surface area contributed by atoms with Gasteiger partial charge in [-0.15, -0.1) is 11.3 Å². The summed E-state index contributed by atoms with van der Waals surface area (Å²) in [5, 5.41) is 1.80. The van der Waals surface area contributed by atoms with Gasteiger partial charge in [-0.3, -0.25) is 4.72 Å². The number of carbonyl (C=O) groups excluding carboxylic acids is 1. The zero-order chi connectivity index (χ0) is 22.8. The molecule has 164 valence electrons. The molecule has 3 rings (SSSR count). The van der Waals surface area contributed by atoms with Crippen molar-refractivity contribution in [2.75, 3.05) is 11.8 Å². The van der Waals surface area contributed by atoms with Crippen LogP contribution in [0.4, 0.5) is 18.9 Å². The van der Waals surface area contributed by atoms with E-state index in [-0.39, 0.29) is 26.3 Å². The summed E-state index contributed by atoms with van der Waals surface area (Å²) in [6.07, 6.45) is -4.72. The third-order valence-electron chi connectivity index (χ3n) is 3.89. The highest BCUT2D eigenvalue weighted by molar-refractivity contribution is 7.92. The van der Waals surface area contributed by atoms with E-state index in [0.29, 0.717) is 6.07 Å². The van der Waals surface area contributed by atoms with Gasteiger partial charge in [-0.2, -0.15) is 13.2 Å². The molecule has 0 amide bonds. The Morgan fingerprint density at radius 1 is 1.06 bits per heavy atom. The number of benzene rings is 2. The number of rotatable bonds is 6. The van der Waals surface area contributed by atoms with Gasteiger partial charge in [0, 0.05) is 5.02 Å². The van der Waals surface area contributed by atoms with Crippen LogP contribution in [0.5, 0.6) is 11.5 Å². The Hall–Kier alpha value is -2.76. The summed E-state index contributed by atoms with van der Waals surface area (Å²) in [5.74, 6) is -0.946. The molecule has 0 saturated carbocycles. The molecular weight excluding hydrogens is 479 g/mol. The van der Waals surface area contributed by atoms with Gasteiger partial charge >= 0.3 is 12.1 Å². The van der Waals surface area contributed by atoms with Crippen LogP contribution in [0.1, 0.15) is 15.2 Å². The van der Waals surface area contributed by atoms with E-state index in [0.717, 1.165) is 30.6 Å². The molecule has 0 saturated heterocycles. The Morgan fingerprint density at radius 2 is 1.74 bits per heavy atom. The summed E-state index contributed by atoms with van der Waals surface area (Å²) in [7, 11) is -3.11. The van der Waals surface area contributed by atoms with Crippen molar-refractivity contribution >= 4 is 44.6 Å². The fourth-order valence-corrected chi connectivity index (χ4v) is 4.35. The molecule has 1 N–H and O–H groups in total. The normalized spacial score (nSPS) is 11.8. The highest BCUT2D eigenvalue weighted by Crippen LogP contribution is 2.39. The van der Waals surface area contributed by atoms with Crippen LogP contribution in [0.25, 0.3) is 0 Å². The Morgan fingerprint density at radius 3 is 2.35 bits per heavy atom. The lowest BCUT2D eigenvalue weighted by molar-refractivity contribution is -0.137. The number of methoxy groups -OCH3 is 1. The van der Waals surface area contributed by atoms with Gasteiger partial charge in [-0.05, 0) is 53.9 Å². The number of halogens is 4. The van der Waals surface area contributed by atoms with Crippen LogP contribution >= 0.6 is 22.9 Å². The molecule has 0 unspecified atom stereocenters. The van der Waals surface area contributed by atoms with Crippen molar-refractivity contribution in [3.05, 3.63) is 69.4 Å². The smallest absolute Gasteiger partial charge is 0.416 e. The molecule has 2 aromatic carbocycles. The second-order valence-electron chi connectivity index (χ2n) is 5.98. The molecule has 0 spiro atoms. The van der Waals surface area contributed by atoms with E-state index in [2.05, 4.69) is 9.46 Å². The molecule has 12 heteroatoms. The van der Waals surface area contributed by atoms with E-state index in [9.17, 15) is 26.4 Å². The van der Waals surface area contributed by atoms with E-state index in [1.807, 2.05) is 0 Å². The van der Waals surface area contributed by atoms with Gasteiger partial charge < -0.3 is 9.47 Å². The van der Waals surface area contributed by atoms with Gasteiger partial charge in [0.1, 0.15) is 0 Å². The van der Waals surface area contributed by atoms with E-state index in [1.54, 1.807) is 0 Å². The first-order chi connectivity index (χ1) is 14.5. The Bertz CT molecular complexity index is 1210. The van der Waals surface area contributed by atoms with Gasteiger partial charge in [-0.1, -0.05) is 11.6 Å². The molecule has 0 radical (unpaired) electrons. The molecule has 1 heterocycles. The zero-order valence-electron chi connectivity index (χ0n) is 15.6. The monoisotopic (exact) mass is 491 g/mol. The fraction of sp³-hybridized carbons (Fsp3) is 0.105. The predicted octanol–water partition coefficient (Wildman–Crippen LogP) is 5.80. The maximum atomic E-state index is 13.2. The topological polar surface area (TPSA) is 81.7 Å². The van der Waals surface area contributed by atoms with Gasteiger partial charge in [0.25, 0.3) is 10.0 Å². The first-order valence-corrected chi connectivity index (χ1v) is 11.1. The average Bonchev–Trinajstić information content (AvgIpc) is 3.16. The first-order valence-electron chi connectivity index (χ1n) is 8.34. The number of anilines is 1. The van der Waals surface area contributed by atoms with Crippen LogP contribution in [0.3, 0.4) is 0 Å². The second kappa shape index (κ2) is 8.77. The molecule has 1 aromatic heterocycles. The number of sulfonamides is 1. The van der Waals surface area contributed by atoms with Gasteiger partial charge in [0.2, 0.25) is 0 Å².